The predicted octanol–water partition coefficient (Wildman–Crippen LogP) is 1.26. The molecule has 0 unspecified atom stereocenters. The number of thioether (sulfide) groups is 1. The van der Waals surface area contributed by atoms with Gasteiger partial charge in [-0.05, 0) is 5.75 Å². The molecule has 0 spiro atoms. The van der Waals surface area contributed by atoms with Crippen molar-refractivity contribution in [3.8, 4) is 0 Å². The van der Waals surface area contributed by atoms with Crippen LogP contribution in [0.4, 0.5) is 5.82 Å². The number of hydrogen-bond acceptors (Lipinski definition) is 3. The maximum atomic E-state index is 5.60. The fourth-order valence-corrected chi connectivity index (χ4v) is 1.37. The molecular weight excluding hydrogens is 158 g/mol. The first-order valence-corrected chi connectivity index (χ1v) is 4.75. The van der Waals surface area contributed by atoms with Gasteiger partial charge in [0, 0.05) is 18.9 Å². The highest BCUT2D eigenvalue weighted by atomic mass is 32.2. The summed E-state index contributed by atoms with van der Waals surface area (Å²) in [5.74, 6) is 2.81. The van der Waals surface area contributed by atoms with E-state index in [1.807, 2.05) is 24.9 Å². The van der Waals surface area contributed by atoms with Gasteiger partial charge in [0.15, 0.2) is 0 Å². The lowest BCUT2D eigenvalue weighted by atomic mass is 10.5. The Morgan fingerprint density at radius 2 is 2.45 bits per heavy atom. The monoisotopic (exact) mass is 171 g/mol. The van der Waals surface area contributed by atoms with E-state index < -0.39 is 0 Å². The normalized spacial score (nSPS) is 10.4. The van der Waals surface area contributed by atoms with Crippen LogP contribution in [0.5, 0.6) is 0 Å². The van der Waals surface area contributed by atoms with Gasteiger partial charge in [0.25, 0.3) is 0 Å². The van der Waals surface area contributed by atoms with E-state index in [-0.39, 0.29) is 0 Å². The maximum absolute atomic E-state index is 5.60. The number of aromatic nitrogens is 2. The van der Waals surface area contributed by atoms with Gasteiger partial charge in [0.2, 0.25) is 0 Å². The van der Waals surface area contributed by atoms with Gasteiger partial charge in [-0.2, -0.15) is 16.9 Å². The number of nitrogens with zero attached hydrogens (tertiary/aromatic N) is 2. The zero-order valence-electron chi connectivity index (χ0n) is 6.87. The molecule has 2 N–H and O–H groups in total. The number of rotatable bonds is 3. The molecule has 1 rings (SSSR count). The Bertz CT molecular complexity index is 212. The van der Waals surface area contributed by atoms with Crippen LogP contribution in [0, 0.1) is 0 Å². The van der Waals surface area contributed by atoms with Crippen molar-refractivity contribution >= 4 is 17.6 Å². The van der Waals surface area contributed by atoms with Crippen molar-refractivity contribution in [3.63, 3.8) is 0 Å². The molecule has 0 bridgehead atoms. The maximum Gasteiger partial charge on any atom is 0.121 e. The van der Waals surface area contributed by atoms with Gasteiger partial charge in [-0.15, -0.1) is 0 Å². The number of hydrogen-bond donors (Lipinski definition) is 1. The summed E-state index contributed by atoms with van der Waals surface area (Å²) in [5.41, 5.74) is 6.67. The molecule has 0 radical (unpaired) electrons. The first-order valence-electron chi connectivity index (χ1n) is 3.60. The number of anilines is 1. The van der Waals surface area contributed by atoms with Crippen LogP contribution in [0.1, 0.15) is 12.6 Å². The van der Waals surface area contributed by atoms with E-state index in [4.69, 9.17) is 5.73 Å². The van der Waals surface area contributed by atoms with Crippen LogP contribution in [-0.2, 0) is 12.8 Å². The van der Waals surface area contributed by atoms with Crippen LogP contribution >= 0.6 is 11.8 Å². The lowest BCUT2D eigenvalue weighted by Gasteiger charge is -1.91. The van der Waals surface area contributed by atoms with Crippen molar-refractivity contribution in [2.75, 3.05) is 11.5 Å². The van der Waals surface area contributed by atoms with E-state index in [9.17, 15) is 0 Å². The summed E-state index contributed by atoms with van der Waals surface area (Å²) in [7, 11) is 1.86. The molecule has 0 aliphatic carbocycles. The standard InChI is InChI=1S/C7H13N3S/c1-3-11-5-6-4-7(8)10(2)9-6/h4H,3,5,8H2,1-2H3. The quantitative estimate of drug-likeness (QED) is 0.744. The number of nitrogens with two attached hydrogens (primary N) is 1. The summed E-state index contributed by atoms with van der Waals surface area (Å²) >= 11 is 1.85. The Labute approximate surface area is 71.0 Å². The van der Waals surface area contributed by atoms with Crippen LogP contribution in [-0.4, -0.2) is 15.5 Å². The van der Waals surface area contributed by atoms with Gasteiger partial charge in [-0.3, -0.25) is 4.68 Å². The molecule has 1 aromatic heterocycles. The Kier molecular flexibility index (Phi) is 2.82. The summed E-state index contributed by atoms with van der Waals surface area (Å²) in [6, 6.07) is 1.92. The average molecular weight is 171 g/mol. The zero-order chi connectivity index (χ0) is 8.27. The van der Waals surface area contributed by atoms with Gasteiger partial charge in [0.05, 0.1) is 5.69 Å². The minimum Gasteiger partial charge on any atom is -0.384 e. The minimum atomic E-state index is 0.733. The summed E-state index contributed by atoms with van der Waals surface area (Å²) in [6.45, 7) is 2.14. The molecule has 0 saturated heterocycles. The van der Waals surface area contributed by atoms with Crippen LogP contribution in [0.15, 0.2) is 6.07 Å². The Morgan fingerprint density at radius 3 is 2.91 bits per heavy atom. The molecule has 0 fully saturated rings. The molecule has 0 aromatic carbocycles. The molecule has 0 saturated carbocycles. The number of aryl methyl sites for hydroxylation is 1. The van der Waals surface area contributed by atoms with Gasteiger partial charge >= 0.3 is 0 Å². The molecule has 3 nitrogen and oxygen atoms in total. The van der Waals surface area contributed by atoms with E-state index >= 15 is 0 Å². The SMILES string of the molecule is CCSCc1cc(N)n(C)n1. The second-order valence-corrected chi connectivity index (χ2v) is 3.60. The van der Waals surface area contributed by atoms with Gasteiger partial charge < -0.3 is 5.73 Å². The minimum absolute atomic E-state index is 0.733. The van der Waals surface area contributed by atoms with Crippen molar-refractivity contribution < 1.29 is 0 Å². The molecule has 0 amide bonds. The van der Waals surface area contributed by atoms with Crippen molar-refractivity contribution in [2.45, 2.75) is 12.7 Å². The first-order chi connectivity index (χ1) is 5.24. The van der Waals surface area contributed by atoms with Crippen molar-refractivity contribution in [1.82, 2.24) is 9.78 Å². The molecule has 0 aliphatic rings. The molecule has 4 heteroatoms. The van der Waals surface area contributed by atoms with Crippen molar-refractivity contribution in [1.29, 1.82) is 0 Å². The van der Waals surface area contributed by atoms with E-state index in [1.165, 1.54) is 0 Å². The fourth-order valence-electron chi connectivity index (χ4n) is 0.821. The molecule has 62 valence electrons. The van der Waals surface area contributed by atoms with Crippen LogP contribution in [0.25, 0.3) is 0 Å². The molecule has 11 heavy (non-hydrogen) atoms. The summed E-state index contributed by atoms with van der Waals surface area (Å²) < 4.78 is 1.70. The van der Waals surface area contributed by atoms with E-state index in [0.717, 1.165) is 23.0 Å². The third-order valence-electron chi connectivity index (χ3n) is 1.42. The second kappa shape index (κ2) is 3.67. The highest BCUT2D eigenvalue weighted by Gasteiger charge is 1.99. The third kappa shape index (κ3) is 2.15. The highest BCUT2D eigenvalue weighted by Crippen LogP contribution is 2.12. The molecular formula is C7H13N3S. The number of nitrogen functional groups attached to an aromatic ring is 1. The average Bonchev–Trinajstić information content (AvgIpc) is 2.28. The lowest BCUT2D eigenvalue weighted by Crippen LogP contribution is -1.96. The summed E-state index contributed by atoms with van der Waals surface area (Å²) in [4.78, 5) is 0. The lowest BCUT2D eigenvalue weighted by molar-refractivity contribution is 0.765. The first kappa shape index (κ1) is 8.46. The van der Waals surface area contributed by atoms with Crippen LogP contribution in [0.3, 0.4) is 0 Å². The molecule has 0 atom stereocenters. The molecule has 1 heterocycles. The van der Waals surface area contributed by atoms with Gasteiger partial charge in [-0.25, -0.2) is 0 Å². The van der Waals surface area contributed by atoms with E-state index in [1.54, 1.807) is 4.68 Å². The van der Waals surface area contributed by atoms with E-state index in [0.29, 0.717) is 0 Å². The van der Waals surface area contributed by atoms with Crippen LogP contribution in [0.2, 0.25) is 0 Å². The van der Waals surface area contributed by atoms with Gasteiger partial charge in [-0.1, -0.05) is 6.92 Å². The topological polar surface area (TPSA) is 43.8 Å². The third-order valence-corrected chi connectivity index (χ3v) is 2.33. The van der Waals surface area contributed by atoms with Crippen molar-refractivity contribution in [3.05, 3.63) is 11.8 Å². The van der Waals surface area contributed by atoms with Crippen molar-refractivity contribution in [2.24, 2.45) is 7.05 Å². The predicted molar refractivity (Wildman–Crippen MR) is 49.5 cm³/mol. The smallest absolute Gasteiger partial charge is 0.121 e. The molecule has 1 aromatic rings. The largest absolute Gasteiger partial charge is 0.384 e. The summed E-state index contributed by atoms with van der Waals surface area (Å²) in [5, 5.41) is 4.22. The fraction of sp³-hybridized carbons (Fsp3) is 0.571. The van der Waals surface area contributed by atoms with Gasteiger partial charge in [0.1, 0.15) is 5.82 Å². The second-order valence-electron chi connectivity index (χ2n) is 2.32. The summed E-state index contributed by atoms with van der Waals surface area (Å²) in [6.07, 6.45) is 0. The Balaban J connectivity index is 2.58. The zero-order valence-corrected chi connectivity index (χ0v) is 7.69. The van der Waals surface area contributed by atoms with E-state index in [2.05, 4.69) is 12.0 Å². The Hall–Kier alpha value is -0.640. The molecule has 0 aliphatic heterocycles. The highest BCUT2D eigenvalue weighted by molar-refractivity contribution is 7.98. The van der Waals surface area contributed by atoms with Crippen LogP contribution < -0.4 is 5.73 Å². The Morgan fingerprint density at radius 1 is 1.73 bits per heavy atom.